The molecule has 2 aliphatic heterocycles. The van der Waals surface area contributed by atoms with Crippen molar-refractivity contribution in [3.05, 3.63) is 96.2 Å². The molecule has 1 fully saturated rings. The largest absolute Gasteiger partial charge is 0.368 e. The Bertz CT molecular complexity index is 1340. The van der Waals surface area contributed by atoms with Gasteiger partial charge in [0, 0.05) is 61.2 Å². The van der Waals surface area contributed by atoms with Crippen LogP contribution >= 0.6 is 0 Å². The first kappa shape index (κ1) is 23.8. The van der Waals surface area contributed by atoms with Crippen molar-refractivity contribution in [2.24, 2.45) is 0 Å². The second-order valence-corrected chi connectivity index (χ2v) is 10.1. The Hall–Kier alpha value is -3.61. The fraction of sp³-hybridized carbons (Fsp3) is 0.323. The van der Waals surface area contributed by atoms with Crippen LogP contribution in [-0.4, -0.2) is 61.2 Å². The first-order chi connectivity index (χ1) is 18.3. The second-order valence-electron chi connectivity index (χ2n) is 10.1. The summed E-state index contributed by atoms with van der Waals surface area (Å²) in [5.74, 6) is 0.0471. The minimum Gasteiger partial charge on any atom is -0.368 e. The van der Waals surface area contributed by atoms with Crippen LogP contribution in [-0.2, 0) is 22.6 Å². The van der Waals surface area contributed by atoms with Gasteiger partial charge in [0.05, 0.1) is 12.6 Å². The van der Waals surface area contributed by atoms with Crippen LogP contribution in [0.25, 0.3) is 10.9 Å². The molecule has 6 heteroatoms. The number of piperazine rings is 1. The average Bonchev–Trinajstić information content (AvgIpc) is 3.43. The first-order valence-electron chi connectivity index (χ1n) is 13.3. The summed E-state index contributed by atoms with van der Waals surface area (Å²) in [6.45, 7) is 5.39. The number of carbonyl (C=O) groups is 1. The molecule has 1 N–H and O–H groups in total. The summed E-state index contributed by atoms with van der Waals surface area (Å²) in [7, 11) is 0. The zero-order chi connectivity index (χ0) is 25.0. The third-order valence-corrected chi connectivity index (χ3v) is 7.72. The van der Waals surface area contributed by atoms with Gasteiger partial charge in [-0.05, 0) is 48.2 Å². The third-order valence-electron chi connectivity index (χ3n) is 7.72. The number of carbonyl (C=O) groups excluding carboxylic acids is 1. The molecule has 190 valence electrons. The number of anilines is 2. The molecule has 1 unspecified atom stereocenters. The lowest BCUT2D eigenvalue weighted by molar-refractivity contribution is -0.124. The Balaban J connectivity index is 1.11. The second kappa shape index (κ2) is 10.8. The number of para-hydroxylation sites is 1. The summed E-state index contributed by atoms with van der Waals surface area (Å²) in [5.41, 5.74) is 5.87. The number of benzene rings is 3. The molecule has 1 saturated heterocycles. The van der Waals surface area contributed by atoms with Crippen molar-refractivity contribution in [2.45, 2.75) is 25.5 Å². The van der Waals surface area contributed by atoms with Gasteiger partial charge < -0.3 is 19.5 Å². The van der Waals surface area contributed by atoms with Gasteiger partial charge >= 0.3 is 0 Å². The number of nitrogens with zero attached hydrogens (tertiary/aromatic N) is 3. The summed E-state index contributed by atoms with van der Waals surface area (Å²) < 4.78 is 5.87. The molecule has 3 aromatic carbocycles. The molecule has 1 amide bonds. The Morgan fingerprint density at radius 2 is 1.65 bits per heavy atom. The molecule has 0 saturated carbocycles. The minimum absolute atomic E-state index is 0.0471. The van der Waals surface area contributed by atoms with E-state index in [-0.39, 0.29) is 18.6 Å². The van der Waals surface area contributed by atoms with E-state index in [4.69, 9.17) is 4.74 Å². The van der Waals surface area contributed by atoms with Crippen LogP contribution in [0.4, 0.5) is 11.4 Å². The van der Waals surface area contributed by atoms with Gasteiger partial charge in [-0.25, -0.2) is 0 Å². The maximum absolute atomic E-state index is 13.5. The molecule has 0 bridgehead atoms. The quantitative estimate of drug-likeness (QED) is 0.399. The van der Waals surface area contributed by atoms with Crippen molar-refractivity contribution in [1.82, 2.24) is 9.88 Å². The van der Waals surface area contributed by atoms with Gasteiger partial charge in [0.25, 0.3) is 5.91 Å². The zero-order valence-corrected chi connectivity index (χ0v) is 21.2. The maximum Gasteiger partial charge on any atom is 0.253 e. The number of nitrogens with one attached hydrogen (secondary N) is 1. The lowest BCUT2D eigenvalue weighted by Gasteiger charge is -2.42. The fourth-order valence-corrected chi connectivity index (χ4v) is 5.83. The first-order valence-corrected chi connectivity index (χ1v) is 13.3. The van der Waals surface area contributed by atoms with Gasteiger partial charge in [0.15, 0.2) is 0 Å². The highest BCUT2D eigenvalue weighted by Gasteiger charge is 2.33. The van der Waals surface area contributed by atoms with Crippen molar-refractivity contribution in [3.63, 3.8) is 0 Å². The van der Waals surface area contributed by atoms with Crippen LogP contribution in [0, 0.1) is 0 Å². The Morgan fingerprint density at radius 3 is 2.51 bits per heavy atom. The van der Waals surface area contributed by atoms with E-state index < -0.39 is 0 Å². The van der Waals surface area contributed by atoms with E-state index in [1.165, 1.54) is 22.2 Å². The number of amides is 1. The topological polar surface area (TPSA) is 51.8 Å². The number of hydrogen-bond donors (Lipinski definition) is 1. The number of aromatic amines is 1. The Kier molecular flexibility index (Phi) is 6.93. The average molecular weight is 495 g/mol. The molecule has 2 aliphatic rings. The van der Waals surface area contributed by atoms with Crippen molar-refractivity contribution >= 4 is 28.2 Å². The van der Waals surface area contributed by atoms with Crippen LogP contribution < -0.4 is 9.80 Å². The van der Waals surface area contributed by atoms with Crippen LogP contribution in [0.5, 0.6) is 0 Å². The number of ether oxygens (including phenoxy) is 1. The van der Waals surface area contributed by atoms with Crippen LogP contribution in [0.15, 0.2) is 85.1 Å². The van der Waals surface area contributed by atoms with E-state index in [1.54, 1.807) is 0 Å². The van der Waals surface area contributed by atoms with E-state index >= 15 is 0 Å². The maximum atomic E-state index is 13.5. The molecule has 37 heavy (non-hydrogen) atoms. The molecule has 4 aromatic rings. The molecule has 6 rings (SSSR count). The van der Waals surface area contributed by atoms with Crippen LogP contribution in [0.1, 0.15) is 17.5 Å². The molecule has 0 aliphatic carbocycles. The van der Waals surface area contributed by atoms with E-state index in [9.17, 15) is 4.79 Å². The van der Waals surface area contributed by atoms with E-state index in [0.29, 0.717) is 6.61 Å². The van der Waals surface area contributed by atoms with E-state index in [0.717, 1.165) is 56.8 Å². The predicted molar refractivity (Wildman–Crippen MR) is 149 cm³/mol. The van der Waals surface area contributed by atoms with Crippen LogP contribution in [0.2, 0.25) is 0 Å². The molecule has 1 atom stereocenters. The summed E-state index contributed by atoms with van der Waals surface area (Å²) in [6, 6.07) is 27.2. The number of fused-ring (bicyclic) bond motifs is 2. The highest BCUT2D eigenvalue weighted by molar-refractivity contribution is 5.96. The smallest absolute Gasteiger partial charge is 0.253 e. The number of aryl methyl sites for hydroxylation is 1. The van der Waals surface area contributed by atoms with Gasteiger partial charge in [-0.1, -0.05) is 54.6 Å². The van der Waals surface area contributed by atoms with Crippen molar-refractivity contribution in [3.8, 4) is 0 Å². The summed E-state index contributed by atoms with van der Waals surface area (Å²) in [5, 5.41) is 1.28. The molecule has 0 radical (unpaired) electrons. The summed E-state index contributed by atoms with van der Waals surface area (Å²) >= 11 is 0. The number of aromatic nitrogens is 1. The molecule has 6 nitrogen and oxygen atoms in total. The van der Waals surface area contributed by atoms with Crippen molar-refractivity contribution in [2.75, 3.05) is 49.1 Å². The Labute approximate surface area is 218 Å². The van der Waals surface area contributed by atoms with Crippen molar-refractivity contribution in [1.29, 1.82) is 0 Å². The van der Waals surface area contributed by atoms with Gasteiger partial charge in [0.1, 0.15) is 6.61 Å². The predicted octanol–water partition coefficient (Wildman–Crippen LogP) is 4.85. The molecular formula is C31H34N4O2. The third kappa shape index (κ3) is 5.13. The highest BCUT2D eigenvalue weighted by Crippen LogP contribution is 2.32. The lowest BCUT2D eigenvalue weighted by Crippen LogP contribution is -2.54. The fourth-order valence-electron chi connectivity index (χ4n) is 5.83. The number of hydrogen-bond acceptors (Lipinski definition) is 4. The SMILES string of the molecule is O=C(COCc1ccccc1)N1c2ccccc2CCC1CN1CCN(c2cccc3[nH]ccc23)CC1. The minimum atomic E-state index is 0.0471. The van der Waals surface area contributed by atoms with Gasteiger partial charge in [-0.2, -0.15) is 0 Å². The zero-order valence-electron chi connectivity index (χ0n) is 21.2. The molecule has 1 aromatic heterocycles. The van der Waals surface area contributed by atoms with Gasteiger partial charge in [0.2, 0.25) is 0 Å². The normalized spacial score (nSPS) is 18.2. The van der Waals surface area contributed by atoms with E-state index in [2.05, 4.69) is 57.2 Å². The Morgan fingerprint density at radius 1 is 0.865 bits per heavy atom. The molecule has 3 heterocycles. The lowest BCUT2D eigenvalue weighted by atomic mass is 9.95. The van der Waals surface area contributed by atoms with Crippen LogP contribution in [0.3, 0.4) is 0 Å². The van der Waals surface area contributed by atoms with E-state index in [1.807, 2.05) is 47.5 Å². The van der Waals surface area contributed by atoms with Crippen molar-refractivity contribution < 1.29 is 9.53 Å². The number of H-pyrrole nitrogens is 1. The highest BCUT2D eigenvalue weighted by atomic mass is 16.5. The standard InChI is InChI=1S/C31H34N4O2/c36-31(23-37-22-24-7-2-1-3-8-24)35-26(14-13-25-9-4-5-11-29(25)35)21-33-17-19-34(20-18-33)30-12-6-10-28-27(30)15-16-32-28/h1-12,15-16,26,32H,13-14,17-23H2. The molecular weight excluding hydrogens is 460 g/mol. The van der Waals surface area contributed by atoms with Gasteiger partial charge in [-0.3, -0.25) is 9.69 Å². The summed E-state index contributed by atoms with van der Waals surface area (Å²) in [4.78, 5) is 23.9. The summed E-state index contributed by atoms with van der Waals surface area (Å²) in [6.07, 6.45) is 4.00. The molecule has 0 spiro atoms. The van der Waals surface area contributed by atoms with Gasteiger partial charge in [-0.15, -0.1) is 0 Å². The number of rotatable bonds is 7. The monoisotopic (exact) mass is 494 g/mol.